The van der Waals surface area contributed by atoms with Crippen molar-refractivity contribution in [3.63, 3.8) is 0 Å². The van der Waals surface area contributed by atoms with Gasteiger partial charge in [-0.15, -0.1) is 0 Å². The Labute approximate surface area is 236 Å². The van der Waals surface area contributed by atoms with E-state index in [1.807, 2.05) is 0 Å². The second-order valence-electron chi connectivity index (χ2n) is 16.3. The average Bonchev–Trinajstić information content (AvgIpc) is 3.67. The Balaban J connectivity index is 1.08. The average molecular weight is 540 g/mol. The molecule has 4 spiro atoms. The van der Waals surface area contributed by atoms with E-state index in [0.29, 0.717) is 64.3 Å². The van der Waals surface area contributed by atoms with Crippen LogP contribution in [0.25, 0.3) is 0 Å². The fourth-order valence-corrected chi connectivity index (χ4v) is 13.5. The third-order valence-electron chi connectivity index (χ3n) is 15.2. The van der Waals surface area contributed by atoms with Crippen molar-refractivity contribution in [2.45, 2.75) is 116 Å². The second-order valence-corrected chi connectivity index (χ2v) is 16.3. The number of aliphatic hydroxyl groups excluding tert-OH is 1. The summed E-state index contributed by atoms with van der Waals surface area (Å²) in [6, 6.07) is 0.526. The third kappa shape index (κ3) is 2.91. The monoisotopic (exact) mass is 539 g/mol. The zero-order valence-corrected chi connectivity index (χ0v) is 25.3. The molecule has 12 atom stereocenters. The molecule has 0 aromatic rings. The van der Waals surface area contributed by atoms with E-state index in [2.05, 4.69) is 38.7 Å². The van der Waals surface area contributed by atoms with Gasteiger partial charge in [0.15, 0.2) is 0 Å². The minimum absolute atomic E-state index is 0.0317. The molecule has 0 aromatic heterocycles. The minimum Gasteiger partial charge on any atom is -0.393 e. The van der Waals surface area contributed by atoms with Crippen molar-refractivity contribution < 1.29 is 19.3 Å². The lowest BCUT2D eigenvalue weighted by Gasteiger charge is -2.50. The van der Waals surface area contributed by atoms with E-state index in [9.17, 15) is 5.11 Å². The summed E-state index contributed by atoms with van der Waals surface area (Å²) in [5.74, 6) is 2.06. The quantitative estimate of drug-likeness (QED) is 0.352. The molecule has 8 rings (SSSR count). The van der Waals surface area contributed by atoms with Gasteiger partial charge in [-0.3, -0.25) is 4.90 Å². The van der Waals surface area contributed by atoms with Gasteiger partial charge in [-0.25, -0.2) is 0 Å². The molecule has 6 aliphatic carbocycles. The molecule has 1 N–H and O–H groups in total. The standard InChI is InChI=1S/C34H53NO4/c1-22-16-26-28(35(19-22)12-13-38-15-14-37-5)23(2)34(39-26)11-10-32-21-31(32)9-6-24-17-25(36)7-8-29(24,3)27(31)18-33(32)20-30(33,34)4/h6,22-23,25-28,36H,7-21H2,1-5H3/t22-,23+,25-,26+,27+,28-,29-,30?,31-,32?,33?,34+/m0/s1. The SMILES string of the molecule is COCCOCCN1C[C@@H](C)C[C@H]2O[C@]3(CCC45C[C@]46CC=C4C[C@@H](O)CC[C@]4(C)[C@H]6CC54CC43C)[C@H](C)[C@@H]21. The highest BCUT2D eigenvalue weighted by Crippen LogP contribution is 3.01. The molecule has 5 heteroatoms. The van der Waals surface area contributed by atoms with E-state index >= 15 is 0 Å². The molecule has 2 saturated heterocycles. The topological polar surface area (TPSA) is 51.2 Å². The lowest BCUT2D eigenvalue weighted by molar-refractivity contribution is -0.152. The molecule has 0 bridgehead atoms. The molecule has 0 amide bonds. The first kappa shape index (κ1) is 26.2. The summed E-state index contributed by atoms with van der Waals surface area (Å²) in [6.45, 7) is 14.6. The van der Waals surface area contributed by atoms with Crippen molar-refractivity contribution in [2.75, 3.05) is 40.0 Å². The maximum Gasteiger partial charge on any atom is 0.0787 e. The summed E-state index contributed by atoms with van der Waals surface area (Å²) >= 11 is 0. The second kappa shape index (κ2) is 8.13. The van der Waals surface area contributed by atoms with Crippen LogP contribution in [0.1, 0.15) is 91.9 Å². The fourth-order valence-electron chi connectivity index (χ4n) is 13.5. The summed E-state index contributed by atoms with van der Waals surface area (Å²) in [5.41, 5.74) is 3.85. The molecule has 8 aliphatic rings. The summed E-state index contributed by atoms with van der Waals surface area (Å²) in [4.78, 5) is 2.76. The van der Waals surface area contributed by atoms with Crippen molar-refractivity contribution in [2.24, 2.45) is 44.8 Å². The van der Waals surface area contributed by atoms with Gasteiger partial charge in [0.25, 0.3) is 0 Å². The van der Waals surface area contributed by atoms with Crippen LogP contribution in [-0.2, 0) is 14.2 Å². The van der Waals surface area contributed by atoms with E-state index in [-0.39, 0.29) is 11.7 Å². The van der Waals surface area contributed by atoms with E-state index in [1.54, 1.807) is 12.7 Å². The molecule has 3 unspecified atom stereocenters. The summed E-state index contributed by atoms with van der Waals surface area (Å²) < 4.78 is 18.7. The highest BCUT2D eigenvalue weighted by molar-refractivity contribution is 5.47. The van der Waals surface area contributed by atoms with Gasteiger partial charge in [-0.1, -0.05) is 39.3 Å². The van der Waals surface area contributed by atoms with Crippen LogP contribution < -0.4 is 0 Å². The van der Waals surface area contributed by atoms with Gasteiger partial charge in [-0.2, -0.15) is 0 Å². The van der Waals surface area contributed by atoms with Crippen LogP contribution in [0.5, 0.6) is 0 Å². The van der Waals surface area contributed by atoms with Crippen LogP contribution in [0.4, 0.5) is 0 Å². The largest absolute Gasteiger partial charge is 0.393 e. The first-order valence-electron chi connectivity index (χ1n) is 16.5. The predicted molar refractivity (Wildman–Crippen MR) is 151 cm³/mol. The Bertz CT molecular complexity index is 1080. The van der Waals surface area contributed by atoms with Gasteiger partial charge >= 0.3 is 0 Å². The maximum absolute atomic E-state index is 10.5. The smallest absolute Gasteiger partial charge is 0.0787 e. The third-order valence-corrected chi connectivity index (χ3v) is 15.2. The Morgan fingerprint density at radius 3 is 2.74 bits per heavy atom. The van der Waals surface area contributed by atoms with Gasteiger partial charge in [-0.05, 0) is 97.7 Å². The van der Waals surface area contributed by atoms with E-state index in [1.165, 1.54) is 57.9 Å². The molecule has 0 radical (unpaired) electrons. The highest BCUT2D eigenvalue weighted by atomic mass is 16.5. The lowest BCUT2D eigenvalue weighted by atomic mass is 9.55. The Morgan fingerprint density at radius 2 is 1.92 bits per heavy atom. The molecule has 5 nitrogen and oxygen atoms in total. The molecule has 7 fully saturated rings. The van der Waals surface area contributed by atoms with Gasteiger partial charge < -0.3 is 19.3 Å². The van der Waals surface area contributed by atoms with Crippen LogP contribution in [0, 0.1) is 44.8 Å². The molecule has 0 aromatic carbocycles. The van der Waals surface area contributed by atoms with Gasteiger partial charge in [0.05, 0.1) is 37.6 Å². The van der Waals surface area contributed by atoms with Crippen molar-refractivity contribution >= 4 is 0 Å². The van der Waals surface area contributed by atoms with Crippen molar-refractivity contribution in [3.05, 3.63) is 11.6 Å². The first-order chi connectivity index (χ1) is 18.6. The van der Waals surface area contributed by atoms with E-state index in [4.69, 9.17) is 14.2 Å². The normalized spacial score (nSPS) is 58.6. The number of allylic oxidation sites excluding steroid dienone is 1. The fraction of sp³-hybridized carbons (Fsp3) is 0.941. The van der Waals surface area contributed by atoms with Gasteiger partial charge in [0.1, 0.15) is 0 Å². The predicted octanol–water partition coefficient (Wildman–Crippen LogP) is 5.60. The summed E-state index contributed by atoms with van der Waals surface area (Å²) in [5, 5.41) is 10.5. The zero-order valence-electron chi connectivity index (χ0n) is 25.3. The maximum atomic E-state index is 10.5. The van der Waals surface area contributed by atoms with Crippen molar-refractivity contribution in [3.8, 4) is 0 Å². The molecule has 2 aliphatic heterocycles. The number of hydrogen-bond acceptors (Lipinski definition) is 5. The lowest BCUT2D eigenvalue weighted by Crippen LogP contribution is -2.55. The van der Waals surface area contributed by atoms with Crippen molar-refractivity contribution in [1.82, 2.24) is 4.90 Å². The number of methoxy groups -OCH3 is 1. The number of rotatable bonds is 6. The number of nitrogens with zero attached hydrogens (tertiary/aromatic N) is 1. The number of ether oxygens (including phenoxy) is 3. The number of likely N-dealkylation sites (tertiary alicyclic amines) is 1. The minimum atomic E-state index is -0.116. The van der Waals surface area contributed by atoms with Crippen LogP contribution in [0.3, 0.4) is 0 Å². The number of aliphatic hydroxyl groups is 1. The van der Waals surface area contributed by atoms with Crippen LogP contribution >= 0.6 is 0 Å². The zero-order chi connectivity index (χ0) is 27.1. The molecular weight excluding hydrogens is 486 g/mol. The van der Waals surface area contributed by atoms with E-state index in [0.717, 1.165) is 31.9 Å². The Hall–Kier alpha value is -0.460. The molecule has 218 valence electrons. The number of piperidine rings is 1. The van der Waals surface area contributed by atoms with Crippen LogP contribution in [-0.4, -0.2) is 73.9 Å². The number of hydrogen-bond donors (Lipinski definition) is 1. The molecule has 39 heavy (non-hydrogen) atoms. The highest BCUT2D eigenvalue weighted by Gasteiger charge is 2.97. The van der Waals surface area contributed by atoms with Crippen LogP contribution in [0.2, 0.25) is 0 Å². The van der Waals surface area contributed by atoms with Gasteiger partial charge in [0, 0.05) is 37.6 Å². The molecular formula is C34H53NO4. The van der Waals surface area contributed by atoms with Crippen molar-refractivity contribution in [1.29, 1.82) is 0 Å². The molecule has 5 saturated carbocycles. The van der Waals surface area contributed by atoms with Gasteiger partial charge in [0.2, 0.25) is 0 Å². The molecule has 2 heterocycles. The Morgan fingerprint density at radius 1 is 1.08 bits per heavy atom. The van der Waals surface area contributed by atoms with E-state index < -0.39 is 0 Å². The Kier molecular flexibility index (Phi) is 5.46. The number of fused-ring (bicyclic) bond motifs is 4. The summed E-state index contributed by atoms with van der Waals surface area (Å²) in [6.07, 6.45) is 15.5. The van der Waals surface area contributed by atoms with Crippen LogP contribution in [0.15, 0.2) is 11.6 Å². The first-order valence-corrected chi connectivity index (χ1v) is 16.5. The summed E-state index contributed by atoms with van der Waals surface area (Å²) in [7, 11) is 1.74.